The summed E-state index contributed by atoms with van der Waals surface area (Å²) < 4.78 is 79.8. The van der Waals surface area contributed by atoms with Gasteiger partial charge in [-0.15, -0.1) is 0 Å². The van der Waals surface area contributed by atoms with Crippen LogP contribution in [0.3, 0.4) is 0 Å². The minimum atomic E-state index is -4.77. The summed E-state index contributed by atoms with van der Waals surface area (Å²) >= 11 is 11.6. The van der Waals surface area contributed by atoms with Gasteiger partial charge in [0.2, 0.25) is 15.8 Å². The molecular formula is C21H16Cl2F3N3O4S2. The van der Waals surface area contributed by atoms with Crippen molar-refractivity contribution in [1.82, 2.24) is 4.98 Å². The molecule has 0 saturated carbocycles. The number of para-hydroxylation sites is 1. The second-order valence-corrected chi connectivity index (χ2v) is 11.2. The maximum absolute atomic E-state index is 13.3. The number of hydrogen-bond donors (Lipinski definition) is 1. The average molecular weight is 566 g/mol. The predicted octanol–water partition coefficient (Wildman–Crippen LogP) is 5.17. The lowest BCUT2D eigenvalue weighted by Crippen LogP contribution is -2.27. The number of pyridine rings is 1. The molecule has 14 heteroatoms. The van der Waals surface area contributed by atoms with E-state index in [0.717, 1.165) is 28.9 Å². The van der Waals surface area contributed by atoms with Crippen LogP contribution in [0.2, 0.25) is 10.0 Å². The predicted molar refractivity (Wildman–Crippen MR) is 129 cm³/mol. The lowest BCUT2D eigenvalue weighted by atomic mass is 10.0. The van der Waals surface area contributed by atoms with E-state index in [-0.39, 0.29) is 32.6 Å². The molecule has 1 heterocycles. The molecule has 2 aromatic carbocycles. The van der Waals surface area contributed by atoms with Crippen molar-refractivity contribution in [3.63, 3.8) is 0 Å². The average Bonchev–Trinajstić information content (AvgIpc) is 2.77. The third-order valence-corrected chi connectivity index (χ3v) is 7.53. The van der Waals surface area contributed by atoms with Crippen LogP contribution in [0.25, 0.3) is 0 Å². The largest absolute Gasteiger partial charge is 0.417 e. The summed E-state index contributed by atoms with van der Waals surface area (Å²) in [4.78, 5) is 17.1. The number of rotatable bonds is 7. The molecule has 3 rings (SSSR count). The highest BCUT2D eigenvalue weighted by molar-refractivity contribution is 7.92. The van der Waals surface area contributed by atoms with E-state index in [1.807, 2.05) is 0 Å². The zero-order valence-electron chi connectivity index (χ0n) is 17.9. The van der Waals surface area contributed by atoms with Crippen LogP contribution in [-0.2, 0) is 27.2 Å². The molecule has 0 spiro atoms. The van der Waals surface area contributed by atoms with Crippen LogP contribution in [0.15, 0.2) is 59.6 Å². The van der Waals surface area contributed by atoms with Crippen LogP contribution in [0, 0.1) is 0 Å². The van der Waals surface area contributed by atoms with Crippen LogP contribution < -0.4 is 9.03 Å². The SMILES string of the molecule is CN(c1ccccc1C(=O)c1ncc(Cl)cc1NS(=O)c1ccc(Cl)c(C(F)(F)F)c1)S(C)(=O)=O. The number of aromatic nitrogens is 1. The van der Waals surface area contributed by atoms with Gasteiger partial charge in [0.1, 0.15) is 16.7 Å². The molecule has 1 N–H and O–H groups in total. The molecule has 1 atom stereocenters. The zero-order valence-corrected chi connectivity index (χ0v) is 21.1. The molecule has 0 bridgehead atoms. The number of ketones is 1. The van der Waals surface area contributed by atoms with Crippen molar-refractivity contribution in [2.24, 2.45) is 0 Å². The van der Waals surface area contributed by atoms with Gasteiger partial charge in [-0.25, -0.2) is 17.6 Å². The molecule has 0 aliphatic heterocycles. The smallest absolute Gasteiger partial charge is 0.299 e. The van der Waals surface area contributed by atoms with Crippen molar-refractivity contribution in [1.29, 1.82) is 0 Å². The number of alkyl halides is 3. The Morgan fingerprint density at radius 3 is 2.40 bits per heavy atom. The number of nitrogens with zero attached hydrogens (tertiary/aromatic N) is 2. The maximum atomic E-state index is 13.3. The van der Waals surface area contributed by atoms with Gasteiger partial charge in [-0.2, -0.15) is 13.2 Å². The Morgan fingerprint density at radius 1 is 1.11 bits per heavy atom. The highest BCUT2D eigenvalue weighted by Crippen LogP contribution is 2.36. The fourth-order valence-electron chi connectivity index (χ4n) is 2.94. The van der Waals surface area contributed by atoms with Gasteiger partial charge in [-0.3, -0.25) is 13.8 Å². The zero-order chi connectivity index (χ0) is 26.1. The van der Waals surface area contributed by atoms with E-state index in [0.29, 0.717) is 6.07 Å². The summed E-state index contributed by atoms with van der Waals surface area (Å²) in [5.41, 5.74) is -1.56. The van der Waals surface area contributed by atoms with E-state index >= 15 is 0 Å². The van der Waals surface area contributed by atoms with Crippen molar-refractivity contribution in [2.45, 2.75) is 11.1 Å². The summed E-state index contributed by atoms with van der Waals surface area (Å²) in [6, 6.07) is 9.79. The number of benzene rings is 2. The normalized spacial score (nSPS) is 12.8. The van der Waals surface area contributed by atoms with Gasteiger partial charge >= 0.3 is 6.18 Å². The molecule has 0 radical (unpaired) electrons. The van der Waals surface area contributed by atoms with Crippen molar-refractivity contribution in [3.05, 3.63) is 81.6 Å². The van der Waals surface area contributed by atoms with Gasteiger partial charge < -0.3 is 0 Å². The van der Waals surface area contributed by atoms with E-state index in [1.54, 1.807) is 0 Å². The first-order valence-electron chi connectivity index (χ1n) is 9.48. The fraction of sp³-hybridized carbons (Fsp3) is 0.143. The van der Waals surface area contributed by atoms with Crippen LogP contribution in [0.4, 0.5) is 24.5 Å². The third kappa shape index (κ3) is 6.13. The Bertz CT molecular complexity index is 1430. The topological polar surface area (TPSA) is 96.4 Å². The fourth-order valence-corrected chi connectivity index (χ4v) is 4.73. The molecule has 0 aliphatic rings. The molecule has 35 heavy (non-hydrogen) atoms. The van der Waals surface area contributed by atoms with E-state index in [9.17, 15) is 30.6 Å². The molecular weight excluding hydrogens is 550 g/mol. The number of anilines is 2. The molecule has 0 saturated heterocycles. The van der Waals surface area contributed by atoms with Crippen molar-refractivity contribution in [2.75, 3.05) is 22.3 Å². The van der Waals surface area contributed by atoms with Crippen LogP contribution in [-0.4, -0.2) is 36.7 Å². The number of hydrogen-bond acceptors (Lipinski definition) is 5. The highest BCUT2D eigenvalue weighted by Gasteiger charge is 2.34. The first-order valence-corrected chi connectivity index (χ1v) is 13.2. The minimum Gasteiger partial charge on any atom is -0.299 e. The Balaban J connectivity index is 2.03. The van der Waals surface area contributed by atoms with Crippen LogP contribution >= 0.6 is 23.2 Å². The molecule has 186 valence electrons. The summed E-state index contributed by atoms with van der Waals surface area (Å²) in [6.45, 7) is 0. The molecule has 1 aromatic heterocycles. The van der Waals surface area contributed by atoms with E-state index in [4.69, 9.17) is 23.2 Å². The summed E-state index contributed by atoms with van der Waals surface area (Å²) in [6.07, 6.45) is -2.66. The Labute approximate surface area is 211 Å². The van der Waals surface area contributed by atoms with Gasteiger partial charge in [0.25, 0.3) is 0 Å². The minimum absolute atomic E-state index is 0.0325. The standard InChI is InChI=1S/C21H16Cl2F3N3O4S2/c1-29(35(2,32)33)18-6-4-3-5-14(18)20(30)19-17(9-12(22)11-27-19)28-34(31)13-7-8-16(23)15(10-13)21(24,25)26/h3-11,28H,1-2H3. The van der Waals surface area contributed by atoms with Gasteiger partial charge in [0, 0.05) is 18.8 Å². The quantitative estimate of drug-likeness (QED) is 0.399. The highest BCUT2D eigenvalue weighted by atomic mass is 35.5. The monoisotopic (exact) mass is 565 g/mol. The number of halogens is 5. The Hall–Kier alpha value is -2.67. The van der Waals surface area contributed by atoms with Crippen molar-refractivity contribution < 1.29 is 30.6 Å². The van der Waals surface area contributed by atoms with Gasteiger partial charge in [-0.1, -0.05) is 35.3 Å². The lowest BCUT2D eigenvalue weighted by Gasteiger charge is -2.20. The second-order valence-electron chi connectivity index (χ2n) is 7.14. The van der Waals surface area contributed by atoms with E-state index in [1.165, 1.54) is 37.4 Å². The summed E-state index contributed by atoms with van der Waals surface area (Å²) in [5.74, 6) is -0.737. The lowest BCUT2D eigenvalue weighted by molar-refractivity contribution is -0.137. The number of sulfonamides is 1. The first-order chi connectivity index (χ1) is 16.2. The van der Waals surface area contributed by atoms with E-state index in [2.05, 4.69) is 9.71 Å². The third-order valence-electron chi connectivity index (χ3n) is 4.71. The maximum Gasteiger partial charge on any atom is 0.417 e. The molecule has 0 aliphatic carbocycles. The van der Waals surface area contributed by atoms with Gasteiger partial charge in [0.05, 0.1) is 38.1 Å². The van der Waals surface area contributed by atoms with Gasteiger partial charge in [-0.05, 0) is 36.4 Å². The molecule has 0 fully saturated rings. The summed E-state index contributed by atoms with van der Waals surface area (Å²) in [5, 5.41) is -0.514. The van der Waals surface area contributed by atoms with Crippen LogP contribution in [0.5, 0.6) is 0 Å². The molecule has 3 aromatic rings. The molecule has 7 nitrogen and oxygen atoms in total. The number of nitrogens with one attached hydrogen (secondary N) is 1. The van der Waals surface area contributed by atoms with Crippen molar-refractivity contribution in [3.8, 4) is 0 Å². The summed E-state index contributed by atoms with van der Waals surface area (Å²) in [7, 11) is -4.72. The second kappa shape index (κ2) is 10.1. The number of carbonyl (C=O) groups is 1. The molecule has 1 unspecified atom stereocenters. The van der Waals surface area contributed by atoms with Gasteiger partial charge in [0.15, 0.2) is 0 Å². The Kier molecular flexibility index (Phi) is 7.80. The van der Waals surface area contributed by atoms with Crippen LogP contribution in [0.1, 0.15) is 21.6 Å². The van der Waals surface area contributed by atoms with Crippen molar-refractivity contribution >= 4 is 61.4 Å². The number of carbonyl (C=O) groups excluding carboxylic acids is 1. The molecule has 0 amide bonds. The first kappa shape index (κ1) is 26.9. The Morgan fingerprint density at radius 2 is 1.77 bits per heavy atom. The van der Waals surface area contributed by atoms with E-state index < -0.39 is 43.6 Å².